The van der Waals surface area contributed by atoms with Crippen LogP contribution in [0.5, 0.6) is 5.75 Å². The van der Waals surface area contributed by atoms with Crippen LogP contribution in [0, 0.1) is 0 Å². The molecule has 0 saturated heterocycles. The second kappa shape index (κ2) is 9.35. The van der Waals surface area contributed by atoms with Crippen molar-refractivity contribution >= 4 is 11.7 Å². The maximum Gasteiger partial charge on any atom is 0.321 e. The number of aromatic nitrogens is 1. The molecule has 0 spiro atoms. The minimum absolute atomic E-state index is 0.122. The molecule has 0 aliphatic heterocycles. The van der Waals surface area contributed by atoms with Crippen molar-refractivity contribution in [2.75, 3.05) is 18.9 Å². The second-order valence-corrected chi connectivity index (χ2v) is 5.46. The topological polar surface area (TPSA) is 54.5 Å². The third-order valence-electron chi connectivity index (χ3n) is 3.48. The van der Waals surface area contributed by atoms with E-state index < -0.39 is 0 Å². The summed E-state index contributed by atoms with van der Waals surface area (Å²) >= 11 is 0. The lowest BCUT2D eigenvalue weighted by molar-refractivity contribution is 0.222. The maximum absolute atomic E-state index is 12.1. The number of nitrogens with one attached hydrogen (secondary N) is 1. The number of hydrogen-bond donors (Lipinski definition) is 1. The van der Waals surface area contributed by atoms with Crippen molar-refractivity contribution < 1.29 is 9.53 Å². The molecule has 0 fully saturated rings. The summed E-state index contributed by atoms with van der Waals surface area (Å²) < 4.78 is 5.69. The van der Waals surface area contributed by atoms with Gasteiger partial charge in [0.2, 0.25) is 0 Å². The highest BCUT2D eigenvalue weighted by Crippen LogP contribution is 2.17. The van der Waals surface area contributed by atoms with Crippen molar-refractivity contribution in [3.63, 3.8) is 0 Å². The van der Waals surface area contributed by atoms with Crippen molar-refractivity contribution in [2.45, 2.75) is 19.4 Å². The molecule has 0 saturated carbocycles. The molecule has 2 aromatic rings. The van der Waals surface area contributed by atoms with Gasteiger partial charge < -0.3 is 15.0 Å². The Morgan fingerprint density at radius 3 is 2.79 bits per heavy atom. The Balaban J connectivity index is 1.81. The number of unbranched alkanes of at least 4 members (excludes halogenated alkanes) is 1. The largest absolute Gasteiger partial charge is 0.489 e. The zero-order chi connectivity index (χ0) is 17.2. The summed E-state index contributed by atoms with van der Waals surface area (Å²) in [6, 6.07) is 11.0. The van der Waals surface area contributed by atoms with Crippen molar-refractivity contribution in [2.24, 2.45) is 0 Å². The van der Waals surface area contributed by atoms with Crippen LogP contribution >= 0.6 is 0 Å². The Morgan fingerprint density at radius 1 is 1.33 bits per heavy atom. The standard InChI is InChI=1S/C19H23N3O2/c1-3-4-5-13-22(2)19(23)21-17-8-10-18(11-9-17)24-15-16-7-6-12-20-14-16/h3,6-12,14H,1,4-5,13,15H2,2H3,(H,21,23). The van der Waals surface area contributed by atoms with E-state index in [1.165, 1.54) is 0 Å². The summed E-state index contributed by atoms with van der Waals surface area (Å²) in [5.41, 5.74) is 1.75. The molecule has 1 heterocycles. The molecule has 126 valence electrons. The van der Waals surface area contributed by atoms with Crippen molar-refractivity contribution in [3.05, 3.63) is 67.0 Å². The Labute approximate surface area is 143 Å². The second-order valence-electron chi connectivity index (χ2n) is 5.46. The molecule has 0 aliphatic carbocycles. The van der Waals surface area contributed by atoms with Crippen LogP contribution in [0.2, 0.25) is 0 Å². The van der Waals surface area contributed by atoms with Crippen LogP contribution < -0.4 is 10.1 Å². The lowest BCUT2D eigenvalue weighted by atomic mass is 10.3. The van der Waals surface area contributed by atoms with Gasteiger partial charge in [-0.05, 0) is 43.2 Å². The van der Waals surface area contributed by atoms with Gasteiger partial charge in [-0.25, -0.2) is 4.79 Å². The lowest BCUT2D eigenvalue weighted by Gasteiger charge is -2.17. The van der Waals surface area contributed by atoms with Crippen molar-refractivity contribution in [3.8, 4) is 5.75 Å². The van der Waals surface area contributed by atoms with Gasteiger partial charge in [0.05, 0.1) is 0 Å². The molecular weight excluding hydrogens is 302 g/mol. The highest BCUT2D eigenvalue weighted by atomic mass is 16.5. The van der Waals surface area contributed by atoms with E-state index in [0.29, 0.717) is 13.2 Å². The first kappa shape index (κ1) is 17.5. The smallest absolute Gasteiger partial charge is 0.321 e. The van der Waals surface area contributed by atoms with Gasteiger partial charge in [-0.1, -0.05) is 12.1 Å². The van der Waals surface area contributed by atoms with Crippen LogP contribution in [0.3, 0.4) is 0 Å². The lowest BCUT2D eigenvalue weighted by Crippen LogP contribution is -2.32. The summed E-state index contributed by atoms with van der Waals surface area (Å²) in [5, 5.41) is 2.87. The fourth-order valence-corrected chi connectivity index (χ4v) is 2.08. The molecule has 2 rings (SSSR count). The number of carbonyl (C=O) groups is 1. The molecule has 5 nitrogen and oxygen atoms in total. The Hall–Kier alpha value is -2.82. The third-order valence-corrected chi connectivity index (χ3v) is 3.48. The van der Waals surface area contributed by atoms with Crippen LogP contribution in [0.4, 0.5) is 10.5 Å². The molecule has 1 N–H and O–H groups in total. The molecule has 24 heavy (non-hydrogen) atoms. The molecule has 0 atom stereocenters. The van der Waals surface area contributed by atoms with Gasteiger partial charge in [0.25, 0.3) is 0 Å². The van der Waals surface area contributed by atoms with Gasteiger partial charge in [0.1, 0.15) is 12.4 Å². The Kier molecular flexibility index (Phi) is 6.83. The van der Waals surface area contributed by atoms with Crippen LogP contribution in [0.1, 0.15) is 18.4 Å². The number of allylic oxidation sites excluding steroid dienone is 1. The van der Waals surface area contributed by atoms with Gasteiger partial charge in [0, 0.05) is 37.2 Å². The highest BCUT2D eigenvalue weighted by Gasteiger charge is 2.08. The van der Waals surface area contributed by atoms with Crippen LogP contribution in [0.15, 0.2) is 61.4 Å². The van der Waals surface area contributed by atoms with Crippen LogP contribution in [-0.2, 0) is 6.61 Å². The number of urea groups is 1. The van der Waals surface area contributed by atoms with E-state index in [9.17, 15) is 4.79 Å². The van der Waals surface area contributed by atoms with Gasteiger partial charge >= 0.3 is 6.03 Å². The molecule has 0 radical (unpaired) electrons. The quantitative estimate of drug-likeness (QED) is 0.587. The van der Waals surface area contributed by atoms with E-state index in [1.807, 2.05) is 42.5 Å². The summed E-state index contributed by atoms with van der Waals surface area (Å²) in [6.45, 7) is 4.84. The van der Waals surface area contributed by atoms with E-state index >= 15 is 0 Å². The number of benzene rings is 1. The van der Waals surface area contributed by atoms with Crippen LogP contribution in [-0.4, -0.2) is 29.5 Å². The number of nitrogens with zero attached hydrogens (tertiary/aromatic N) is 2. The SMILES string of the molecule is C=CCCCN(C)C(=O)Nc1ccc(OCc2cccnc2)cc1. The van der Waals surface area contributed by atoms with Crippen molar-refractivity contribution in [1.82, 2.24) is 9.88 Å². The normalized spacial score (nSPS) is 10.0. The first-order valence-corrected chi connectivity index (χ1v) is 7.94. The molecule has 1 aromatic carbocycles. The number of hydrogen-bond acceptors (Lipinski definition) is 3. The number of rotatable bonds is 8. The van der Waals surface area contributed by atoms with Crippen molar-refractivity contribution in [1.29, 1.82) is 0 Å². The summed E-state index contributed by atoms with van der Waals surface area (Å²) in [5.74, 6) is 0.746. The number of pyridine rings is 1. The third kappa shape index (κ3) is 5.76. The average molecular weight is 325 g/mol. The van der Waals surface area contributed by atoms with E-state index in [-0.39, 0.29) is 6.03 Å². The number of anilines is 1. The monoisotopic (exact) mass is 325 g/mol. The number of amides is 2. The molecule has 0 aliphatic rings. The van der Waals surface area contributed by atoms with Gasteiger partial charge in [-0.2, -0.15) is 0 Å². The average Bonchev–Trinajstić information content (AvgIpc) is 2.62. The first-order valence-electron chi connectivity index (χ1n) is 7.94. The minimum atomic E-state index is -0.122. The van der Waals surface area contributed by atoms with Gasteiger partial charge in [0.15, 0.2) is 0 Å². The van der Waals surface area contributed by atoms with E-state index in [4.69, 9.17) is 4.74 Å². The highest BCUT2D eigenvalue weighted by molar-refractivity contribution is 5.89. The number of carbonyl (C=O) groups excluding carboxylic acids is 1. The predicted molar refractivity (Wildman–Crippen MR) is 96.1 cm³/mol. The van der Waals surface area contributed by atoms with Gasteiger partial charge in [-0.15, -0.1) is 6.58 Å². The molecule has 1 aromatic heterocycles. The summed E-state index contributed by atoms with van der Waals surface area (Å²) in [7, 11) is 1.78. The summed E-state index contributed by atoms with van der Waals surface area (Å²) in [4.78, 5) is 17.8. The van der Waals surface area contributed by atoms with Gasteiger partial charge in [-0.3, -0.25) is 4.98 Å². The van der Waals surface area contributed by atoms with E-state index in [0.717, 1.165) is 29.8 Å². The fraction of sp³-hybridized carbons (Fsp3) is 0.263. The minimum Gasteiger partial charge on any atom is -0.489 e. The Morgan fingerprint density at radius 2 is 2.12 bits per heavy atom. The van der Waals surface area contributed by atoms with Crippen LogP contribution in [0.25, 0.3) is 0 Å². The number of ether oxygens (including phenoxy) is 1. The van der Waals surface area contributed by atoms with E-state index in [1.54, 1.807) is 24.3 Å². The zero-order valence-electron chi connectivity index (χ0n) is 13.9. The molecule has 0 unspecified atom stereocenters. The Bertz CT molecular complexity index is 641. The first-order chi connectivity index (χ1) is 11.7. The van der Waals surface area contributed by atoms with E-state index in [2.05, 4.69) is 16.9 Å². The summed E-state index contributed by atoms with van der Waals surface area (Å²) in [6.07, 6.45) is 7.18. The maximum atomic E-state index is 12.1. The predicted octanol–water partition coefficient (Wildman–Crippen LogP) is 4.09. The fourth-order valence-electron chi connectivity index (χ4n) is 2.08. The molecule has 2 amide bonds. The molecule has 5 heteroatoms. The zero-order valence-corrected chi connectivity index (χ0v) is 13.9. The molecular formula is C19H23N3O2. The molecule has 0 bridgehead atoms.